The average molecular weight is 494 g/mol. The van der Waals surface area contributed by atoms with E-state index in [1.165, 1.54) is 0 Å². The Kier molecular flexibility index (Phi) is 12.4. The molecule has 12 nitrogen and oxygen atoms in total. The van der Waals surface area contributed by atoms with Crippen LogP contribution < -0.4 is 27.4 Å². The number of primary amides is 1. The number of carboxylic acids is 1. The molecular weight excluding hydrogens is 458 g/mol. The monoisotopic (exact) mass is 493 g/mol. The lowest BCUT2D eigenvalue weighted by Crippen LogP contribution is -2.58. The molecule has 0 aliphatic rings. The summed E-state index contributed by atoms with van der Waals surface area (Å²) in [5, 5.41) is 26.3. The highest BCUT2D eigenvalue weighted by atomic mass is 16.4. The number of hydrogen-bond donors (Lipinski definition) is 7. The lowest BCUT2D eigenvalue weighted by atomic mass is 10.0. The fourth-order valence-corrected chi connectivity index (χ4v) is 3.20. The molecule has 0 aliphatic heterocycles. The molecule has 0 aliphatic carbocycles. The Morgan fingerprint density at radius 3 is 1.94 bits per heavy atom. The topological polar surface area (TPSA) is 214 Å². The maximum Gasteiger partial charge on any atom is 0.326 e. The summed E-state index contributed by atoms with van der Waals surface area (Å²) in [5.74, 6) is -4.24. The highest BCUT2D eigenvalue weighted by Crippen LogP contribution is 2.08. The second kappa shape index (κ2) is 14.7. The van der Waals surface area contributed by atoms with Gasteiger partial charge in [-0.1, -0.05) is 44.2 Å². The normalized spacial score (nSPS) is 14.3. The van der Waals surface area contributed by atoms with E-state index in [9.17, 15) is 34.2 Å². The molecule has 0 aromatic heterocycles. The van der Waals surface area contributed by atoms with Gasteiger partial charge in [0.25, 0.3) is 0 Å². The molecule has 4 amide bonds. The predicted octanol–water partition coefficient (Wildman–Crippen LogP) is -1.60. The largest absolute Gasteiger partial charge is 0.480 e. The predicted molar refractivity (Wildman–Crippen MR) is 127 cm³/mol. The molecule has 0 radical (unpaired) electrons. The summed E-state index contributed by atoms with van der Waals surface area (Å²) in [4.78, 5) is 60.4. The van der Waals surface area contributed by atoms with E-state index in [1.54, 1.807) is 30.3 Å². The molecule has 4 unspecified atom stereocenters. The standard InChI is InChI=1S/C23H35N5O7/c1-13(2)10-16(26-20(31)15(24)8-9-19(25)30)21(32)28-18(12-29)22(33)27-17(23(34)35)11-14-6-4-3-5-7-14/h3-7,13,15-18,29H,8-12,24H2,1-2H3,(H2,25,30)(H,26,31)(H,27,33)(H,28,32)(H,34,35). The van der Waals surface area contributed by atoms with E-state index in [1.807, 2.05) is 13.8 Å². The van der Waals surface area contributed by atoms with Gasteiger partial charge in [0.15, 0.2) is 0 Å². The zero-order chi connectivity index (χ0) is 26.5. The number of carboxylic acid groups (broad SMARTS) is 1. The van der Waals surface area contributed by atoms with Gasteiger partial charge in [0.2, 0.25) is 23.6 Å². The van der Waals surface area contributed by atoms with Crippen molar-refractivity contribution in [1.29, 1.82) is 0 Å². The first-order valence-electron chi connectivity index (χ1n) is 11.3. The molecule has 12 heteroatoms. The van der Waals surface area contributed by atoms with Gasteiger partial charge < -0.3 is 37.6 Å². The highest BCUT2D eigenvalue weighted by Gasteiger charge is 2.30. The number of rotatable bonds is 15. The molecule has 194 valence electrons. The summed E-state index contributed by atoms with van der Waals surface area (Å²) in [6.45, 7) is 2.84. The minimum absolute atomic E-state index is 0.00313. The molecule has 1 aromatic carbocycles. The van der Waals surface area contributed by atoms with Gasteiger partial charge in [0.05, 0.1) is 12.6 Å². The first-order chi connectivity index (χ1) is 16.4. The van der Waals surface area contributed by atoms with E-state index in [-0.39, 0.29) is 31.6 Å². The van der Waals surface area contributed by atoms with E-state index in [2.05, 4.69) is 16.0 Å². The van der Waals surface area contributed by atoms with Crippen molar-refractivity contribution in [2.24, 2.45) is 17.4 Å². The first-order valence-corrected chi connectivity index (χ1v) is 11.3. The molecule has 9 N–H and O–H groups in total. The van der Waals surface area contributed by atoms with Gasteiger partial charge >= 0.3 is 5.97 Å². The van der Waals surface area contributed by atoms with Gasteiger partial charge in [-0.15, -0.1) is 0 Å². The number of hydrogen-bond acceptors (Lipinski definition) is 7. The first kappa shape index (κ1) is 29.5. The van der Waals surface area contributed by atoms with Gasteiger partial charge in [-0.2, -0.15) is 0 Å². The van der Waals surface area contributed by atoms with Crippen LogP contribution in [-0.4, -0.2) is 70.6 Å². The molecule has 1 rings (SSSR count). The maximum atomic E-state index is 12.8. The zero-order valence-electron chi connectivity index (χ0n) is 19.9. The molecular formula is C23H35N5O7. The number of nitrogens with two attached hydrogens (primary N) is 2. The van der Waals surface area contributed by atoms with Crippen molar-refractivity contribution in [2.45, 2.75) is 63.7 Å². The molecule has 1 aromatic rings. The second-order valence-corrected chi connectivity index (χ2v) is 8.64. The minimum Gasteiger partial charge on any atom is -0.480 e. The Hall–Kier alpha value is -3.51. The van der Waals surface area contributed by atoms with E-state index >= 15 is 0 Å². The van der Waals surface area contributed by atoms with Crippen LogP contribution in [0.15, 0.2) is 30.3 Å². The Bertz CT molecular complexity index is 878. The molecule has 4 atom stereocenters. The number of carbonyl (C=O) groups excluding carboxylic acids is 4. The minimum atomic E-state index is -1.45. The van der Waals surface area contributed by atoms with E-state index < -0.39 is 60.4 Å². The second-order valence-electron chi connectivity index (χ2n) is 8.64. The van der Waals surface area contributed by atoms with Crippen LogP contribution in [0.4, 0.5) is 0 Å². The fraction of sp³-hybridized carbons (Fsp3) is 0.522. The van der Waals surface area contributed by atoms with E-state index in [0.717, 1.165) is 0 Å². The number of aliphatic hydroxyl groups excluding tert-OH is 1. The van der Waals surface area contributed by atoms with E-state index in [4.69, 9.17) is 11.5 Å². The summed E-state index contributed by atoms with van der Waals surface area (Å²) in [5.41, 5.74) is 11.5. The third kappa shape index (κ3) is 11.0. The summed E-state index contributed by atoms with van der Waals surface area (Å²) in [7, 11) is 0. The van der Waals surface area contributed by atoms with Gasteiger partial charge in [-0.3, -0.25) is 19.2 Å². The Balaban J connectivity index is 2.85. The Morgan fingerprint density at radius 1 is 0.886 bits per heavy atom. The molecule has 0 saturated heterocycles. The van der Waals surface area contributed by atoms with E-state index in [0.29, 0.717) is 5.56 Å². The van der Waals surface area contributed by atoms with Gasteiger partial charge in [0, 0.05) is 12.8 Å². The highest BCUT2D eigenvalue weighted by molar-refractivity contribution is 5.94. The average Bonchev–Trinajstić information content (AvgIpc) is 2.79. The molecule has 0 saturated carbocycles. The third-order valence-electron chi connectivity index (χ3n) is 5.09. The summed E-state index contributed by atoms with van der Waals surface area (Å²) >= 11 is 0. The Morgan fingerprint density at radius 2 is 1.43 bits per heavy atom. The van der Waals surface area contributed by atoms with Crippen molar-refractivity contribution in [2.75, 3.05) is 6.61 Å². The Labute approximate surface area is 203 Å². The number of carbonyl (C=O) groups is 5. The summed E-state index contributed by atoms with van der Waals surface area (Å²) in [6.07, 6.45) is 0.0990. The van der Waals surface area contributed by atoms with Gasteiger partial charge in [0.1, 0.15) is 18.1 Å². The number of benzene rings is 1. The molecule has 0 bridgehead atoms. The van der Waals surface area contributed by atoms with Crippen molar-refractivity contribution in [3.05, 3.63) is 35.9 Å². The van der Waals surface area contributed by atoms with Crippen LogP contribution in [0.3, 0.4) is 0 Å². The molecule has 0 fully saturated rings. The number of aliphatic hydroxyl groups is 1. The van der Waals surface area contributed by atoms with Gasteiger partial charge in [-0.25, -0.2) is 4.79 Å². The van der Waals surface area contributed by atoms with Crippen molar-refractivity contribution in [3.8, 4) is 0 Å². The third-order valence-corrected chi connectivity index (χ3v) is 5.09. The summed E-state index contributed by atoms with van der Waals surface area (Å²) < 4.78 is 0. The fourth-order valence-electron chi connectivity index (χ4n) is 3.20. The smallest absolute Gasteiger partial charge is 0.326 e. The van der Waals surface area contributed by atoms with Crippen LogP contribution in [0.1, 0.15) is 38.7 Å². The van der Waals surface area contributed by atoms with Crippen molar-refractivity contribution in [1.82, 2.24) is 16.0 Å². The number of amides is 4. The van der Waals surface area contributed by atoms with Crippen LogP contribution in [0.5, 0.6) is 0 Å². The lowest BCUT2D eigenvalue weighted by Gasteiger charge is -2.25. The SMILES string of the molecule is CC(C)CC(NC(=O)C(N)CCC(N)=O)C(=O)NC(CO)C(=O)NC(Cc1ccccc1)C(=O)O. The zero-order valence-corrected chi connectivity index (χ0v) is 19.9. The van der Waals surface area contributed by atoms with Gasteiger partial charge in [-0.05, 0) is 24.3 Å². The maximum absolute atomic E-state index is 12.8. The van der Waals surface area contributed by atoms with Crippen LogP contribution in [0, 0.1) is 5.92 Å². The summed E-state index contributed by atoms with van der Waals surface area (Å²) in [6, 6.07) is 3.76. The molecule has 0 spiro atoms. The van der Waals surface area contributed by atoms with Crippen LogP contribution in [0.25, 0.3) is 0 Å². The van der Waals surface area contributed by atoms with Crippen LogP contribution >= 0.6 is 0 Å². The van der Waals surface area contributed by atoms with Crippen LogP contribution in [-0.2, 0) is 30.4 Å². The van der Waals surface area contributed by atoms with Crippen molar-refractivity contribution >= 4 is 29.6 Å². The lowest BCUT2D eigenvalue weighted by molar-refractivity contribution is -0.142. The van der Waals surface area contributed by atoms with Crippen molar-refractivity contribution < 1.29 is 34.2 Å². The number of aliphatic carboxylic acids is 1. The quantitative estimate of drug-likeness (QED) is 0.151. The van der Waals surface area contributed by atoms with Crippen LogP contribution in [0.2, 0.25) is 0 Å². The number of nitrogens with one attached hydrogen (secondary N) is 3. The molecule has 0 heterocycles. The molecule has 35 heavy (non-hydrogen) atoms. The van der Waals surface area contributed by atoms with Crippen molar-refractivity contribution in [3.63, 3.8) is 0 Å².